The van der Waals surface area contributed by atoms with E-state index < -0.39 is 33.8 Å². The van der Waals surface area contributed by atoms with Crippen molar-refractivity contribution in [1.82, 2.24) is 0 Å². The second-order valence-electron chi connectivity index (χ2n) is 9.13. The molecule has 6 nitrogen and oxygen atoms in total. The lowest BCUT2D eigenvalue weighted by atomic mass is 9.86. The second kappa shape index (κ2) is 10.6. The number of nitrogens with zero attached hydrogens (tertiary/aromatic N) is 3. The third-order valence-corrected chi connectivity index (χ3v) is 7.96. The molecule has 3 aromatic carbocycles. The van der Waals surface area contributed by atoms with Gasteiger partial charge in [-0.05, 0) is 66.1 Å². The zero-order chi connectivity index (χ0) is 28.6. The number of alkyl halides is 3. The van der Waals surface area contributed by atoms with Gasteiger partial charge in [0.25, 0.3) is 11.5 Å². The van der Waals surface area contributed by atoms with Crippen LogP contribution in [0.1, 0.15) is 44.6 Å². The van der Waals surface area contributed by atoms with Gasteiger partial charge in [-0.15, -0.1) is 0 Å². The SMILES string of the molecule is Cc1cc(C2=NOC(c3cc(Cl)cc(Cl)c3)(C(F)(F)F)C2)ccc1C(=O)N=S(C)(=O)Cc1ccc(C#N)cc1. The molecule has 0 aromatic heterocycles. The number of rotatable bonds is 5. The standard InChI is InChI=1S/C27H20Cl2F3N3O3S/c1-16-9-19(24-13-26(38-34-24,27(30,31)32)20-10-21(28)12-22(29)11-20)7-8-23(16)25(36)35-39(2,37)15-18-5-3-17(14-33)4-6-18/h3-12H,13,15H2,1-2H3. The Labute approximate surface area is 233 Å². The van der Waals surface area contributed by atoms with Gasteiger partial charge in [0.05, 0.1) is 32.8 Å². The molecule has 4 rings (SSSR count). The zero-order valence-electron chi connectivity index (χ0n) is 20.6. The van der Waals surface area contributed by atoms with Crippen LogP contribution in [0.2, 0.25) is 10.0 Å². The van der Waals surface area contributed by atoms with E-state index in [2.05, 4.69) is 9.52 Å². The van der Waals surface area contributed by atoms with E-state index in [1.54, 1.807) is 31.2 Å². The first-order valence-electron chi connectivity index (χ1n) is 11.4. The van der Waals surface area contributed by atoms with Gasteiger partial charge in [-0.25, -0.2) is 4.21 Å². The first-order chi connectivity index (χ1) is 18.2. The number of hydrogen-bond acceptors (Lipinski definition) is 5. The highest BCUT2D eigenvalue weighted by atomic mass is 35.5. The number of hydrogen-bond donors (Lipinski definition) is 0. The summed E-state index contributed by atoms with van der Waals surface area (Å²) in [5, 5.41) is 12.7. The molecule has 2 atom stereocenters. The molecule has 0 N–H and O–H groups in total. The summed E-state index contributed by atoms with van der Waals surface area (Å²) in [6.45, 7) is 1.59. The number of carbonyl (C=O) groups excluding carboxylic acids is 1. The van der Waals surface area contributed by atoms with Crippen LogP contribution in [0.15, 0.2) is 70.2 Å². The third-order valence-electron chi connectivity index (χ3n) is 6.10. The van der Waals surface area contributed by atoms with Crippen molar-refractivity contribution in [2.75, 3.05) is 6.26 Å². The Bertz CT molecular complexity index is 1640. The van der Waals surface area contributed by atoms with Crippen LogP contribution in [0.5, 0.6) is 0 Å². The molecule has 1 aliphatic heterocycles. The van der Waals surface area contributed by atoms with Crippen molar-refractivity contribution < 1.29 is 27.0 Å². The monoisotopic (exact) mass is 593 g/mol. The van der Waals surface area contributed by atoms with Crippen molar-refractivity contribution in [1.29, 1.82) is 5.26 Å². The van der Waals surface area contributed by atoms with Gasteiger partial charge in [0.1, 0.15) is 0 Å². The molecular weight excluding hydrogens is 574 g/mol. The van der Waals surface area contributed by atoms with Crippen LogP contribution < -0.4 is 0 Å². The fraction of sp³-hybridized carbons (Fsp3) is 0.222. The minimum Gasteiger partial charge on any atom is -0.374 e. The lowest BCUT2D eigenvalue weighted by Gasteiger charge is -2.29. The van der Waals surface area contributed by atoms with Crippen molar-refractivity contribution in [3.63, 3.8) is 0 Å². The Morgan fingerprint density at radius 1 is 1.13 bits per heavy atom. The van der Waals surface area contributed by atoms with Crippen LogP contribution in [-0.4, -0.2) is 28.3 Å². The summed E-state index contributed by atoms with van der Waals surface area (Å²) < 4.78 is 59.7. The minimum absolute atomic E-state index is 0.00275. The third kappa shape index (κ3) is 6.11. The zero-order valence-corrected chi connectivity index (χ0v) is 22.9. The predicted molar refractivity (Wildman–Crippen MR) is 143 cm³/mol. The van der Waals surface area contributed by atoms with Crippen molar-refractivity contribution in [2.24, 2.45) is 9.52 Å². The van der Waals surface area contributed by atoms with Gasteiger partial charge in [0.15, 0.2) is 0 Å². The molecule has 39 heavy (non-hydrogen) atoms. The summed E-state index contributed by atoms with van der Waals surface area (Å²) in [7, 11) is -2.96. The number of aryl methyl sites for hydroxylation is 1. The average molecular weight is 594 g/mol. The van der Waals surface area contributed by atoms with Gasteiger partial charge in [-0.3, -0.25) is 4.79 Å². The Hall–Kier alpha value is -3.39. The molecule has 3 aromatic rings. The maximum absolute atomic E-state index is 14.3. The molecule has 202 valence electrons. The van der Waals surface area contributed by atoms with Crippen molar-refractivity contribution in [3.05, 3.63) is 104 Å². The number of halogens is 5. The Balaban J connectivity index is 1.58. The molecule has 0 saturated carbocycles. The van der Waals surface area contributed by atoms with Gasteiger partial charge in [0, 0.05) is 33.8 Å². The summed E-state index contributed by atoms with van der Waals surface area (Å²) in [5.74, 6) is -0.717. The molecule has 12 heteroatoms. The molecule has 0 bridgehead atoms. The van der Waals surface area contributed by atoms with Gasteiger partial charge in [-0.1, -0.05) is 46.6 Å². The van der Waals surface area contributed by atoms with Gasteiger partial charge in [0.2, 0.25) is 0 Å². The lowest BCUT2D eigenvalue weighted by Crippen LogP contribution is -2.42. The highest BCUT2D eigenvalue weighted by Crippen LogP contribution is 2.49. The topological polar surface area (TPSA) is 91.9 Å². The first-order valence-corrected chi connectivity index (χ1v) is 14.2. The van der Waals surface area contributed by atoms with Crippen LogP contribution in [0, 0.1) is 18.3 Å². The fourth-order valence-electron chi connectivity index (χ4n) is 4.17. The fourth-order valence-corrected chi connectivity index (χ4v) is 6.02. The summed E-state index contributed by atoms with van der Waals surface area (Å²) in [6.07, 6.45) is -4.12. The molecule has 0 saturated heterocycles. The largest absolute Gasteiger partial charge is 0.435 e. The molecule has 0 fully saturated rings. The quantitative estimate of drug-likeness (QED) is 0.313. The molecule has 2 unspecified atom stereocenters. The molecule has 0 aliphatic carbocycles. The van der Waals surface area contributed by atoms with Crippen LogP contribution in [0.4, 0.5) is 13.2 Å². The highest BCUT2D eigenvalue weighted by Gasteiger charge is 2.62. The summed E-state index contributed by atoms with van der Waals surface area (Å²) in [6, 6.07) is 16.4. The smallest absolute Gasteiger partial charge is 0.374 e. The van der Waals surface area contributed by atoms with E-state index in [1.807, 2.05) is 6.07 Å². The maximum atomic E-state index is 14.3. The van der Waals surface area contributed by atoms with E-state index in [9.17, 15) is 22.2 Å². The number of carbonyl (C=O) groups is 1. The first kappa shape index (κ1) is 28.6. The molecule has 1 heterocycles. The molecule has 1 aliphatic rings. The van der Waals surface area contributed by atoms with E-state index in [-0.39, 0.29) is 32.6 Å². The van der Waals surface area contributed by atoms with E-state index in [0.717, 1.165) is 12.1 Å². The van der Waals surface area contributed by atoms with Crippen molar-refractivity contribution in [3.8, 4) is 6.07 Å². The molecule has 0 radical (unpaired) electrons. The number of oxime groups is 1. The van der Waals surface area contributed by atoms with E-state index in [1.165, 1.54) is 30.5 Å². The Kier molecular flexibility index (Phi) is 7.81. The Morgan fingerprint density at radius 3 is 2.33 bits per heavy atom. The Morgan fingerprint density at radius 2 is 1.77 bits per heavy atom. The molecule has 0 spiro atoms. The van der Waals surface area contributed by atoms with Crippen LogP contribution in [-0.2, 0) is 25.9 Å². The predicted octanol–water partition coefficient (Wildman–Crippen LogP) is 7.19. The van der Waals surface area contributed by atoms with Crippen molar-refractivity contribution >= 4 is 44.5 Å². The highest BCUT2D eigenvalue weighted by molar-refractivity contribution is 7.92. The van der Waals surface area contributed by atoms with Crippen molar-refractivity contribution in [2.45, 2.75) is 30.9 Å². The van der Waals surface area contributed by atoms with E-state index in [4.69, 9.17) is 33.3 Å². The number of amides is 1. The number of nitriles is 1. The van der Waals surface area contributed by atoms with Gasteiger partial charge in [-0.2, -0.15) is 22.8 Å². The summed E-state index contributed by atoms with van der Waals surface area (Å²) in [4.78, 5) is 17.9. The second-order valence-corrected chi connectivity index (χ2v) is 12.4. The summed E-state index contributed by atoms with van der Waals surface area (Å²) in [5.41, 5.74) is -1.07. The van der Waals surface area contributed by atoms with Crippen LogP contribution in [0.3, 0.4) is 0 Å². The van der Waals surface area contributed by atoms with Crippen LogP contribution >= 0.6 is 23.2 Å². The van der Waals surface area contributed by atoms with E-state index in [0.29, 0.717) is 22.3 Å². The minimum atomic E-state index is -4.84. The van der Waals surface area contributed by atoms with Crippen LogP contribution in [0.25, 0.3) is 0 Å². The number of benzene rings is 3. The summed E-state index contributed by atoms with van der Waals surface area (Å²) >= 11 is 11.9. The lowest BCUT2D eigenvalue weighted by molar-refractivity contribution is -0.275. The van der Waals surface area contributed by atoms with Gasteiger partial charge >= 0.3 is 6.18 Å². The maximum Gasteiger partial charge on any atom is 0.435 e. The normalized spacial score (nSPS) is 18.5. The molecular formula is C27H20Cl2F3N3O3S. The molecule has 1 amide bonds. The van der Waals surface area contributed by atoms with Gasteiger partial charge < -0.3 is 4.84 Å². The van der Waals surface area contributed by atoms with E-state index >= 15 is 0 Å². The average Bonchev–Trinajstić information content (AvgIpc) is 3.30.